The zero-order chi connectivity index (χ0) is 20.4. The minimum absolute atomic E-state index is 0.156. The van der Waals surface area contributed by atoms with Crippen molar-refractivity contribution in [3.63, 3.8) is 0 Å². The first-order chi connectivity index (χ1) is 13.3. The number of carbonyl (C=O) groups is 2. The molecule has 3 aromatic rings. The lowest BCUT2D eigenvalue weighted by Crippen LogP contribution is -2.15. The van der Waals surface area contributed by atoms with Crippen LogP contribution in [-0.4, -0.2) is 39.3 Å². The number of benzene rings is 1. The van der Waals surface area contributed by atoms with E-state index < -0.39 is 11.2 Å². The Balaban J connectivity index is 1.78. The Bertz CT molecular complexity index is 1040. The normalized spacial score (nSPS) is 12.0. The van der Waals surface area contributed by atoms with Gasteiger partial charge in [0.15, 0.2) is 5.78 Å². The van der Waals surface area contributed by atoms with Crippen LogP contribution in [0.4, 0.5) is 0 Å². The number of Topliss-reactive ketones (excluding diaryl/α,β-unsaturated/α-hetero) is 1. The summed E-state index contributed by atoms with van der Waals surface area (Å²) in [6.07, 6.45) is 0. The predicted molar refractivity (Wildman–Crippen MR) is 106 cm³/mol. The Morgan fingerprint density at radius 2 is 1.96 bits per heavy atom. The number of ketones is 1. The second kappa shape index (κ2) is 8.02. The zero-order valence-corrected chi connectivity index (χ0v) is 17.1. The summed E-state index contributed by atoms with van der Waals surface area (Å²) in [4.78, 5) is 27.8. The fraction of sp³-hybridized carbons (Fsp3) is 0.300. The molecule has 0 bridgehead atoms. The van der Waals surface area contributed by atoms with Crippen LogP contribution in [0.2, 0.25) is 0 Å². The number of H-pyrrole nitrogens is 1. The fourth-order valence-corrected chi connectivity index (χ4v) is 3.71. The Morgan fingerprint density at radius 1 is 1.21 bits per heavy atom. The third-order valence-electron chi connectivity index (χ3n) is 4.39. The molecule has 2 aromatic heterocycles. The van der Waals surface area contributed by atoms with Crippen LogP contribution in [0, 0.1) is 20.8 Å². The highest BCUT2D eigenvalue weighted by Crippen LogP contribution is 2.29. The number of methoxy groups -OCH3 is 1. The van der Waals surface area contributed by atoms with E-state index in [1.165, 1.54) is 18.9 Å². The molecule has 0 radical (unpaired) electrons. The van der Waals surface area contributed by atoms with Crippen molar-refractivity contribution in [2.75, 3.05) is 7.11 Å². The van der Waals surface area contributed by atoms with E-state index in [2.05, 4.69) is 15.2 Å². The van der Waals surface area contributed by atoms with Crippen LogP contribution in [0.15, 0.2) is 33.9 Å². The van der Waals surface area contributed by atoms with Gasteiger partial charge in [0.25, 0.3) is 5.22 Å². The van der Waals surface area contributed by atoms with Gasteiger partial charge in [0.05, 0.1) is 23.6 Å². The molecule has 0 aliphatic rings. The van der Waals surface area contributed by atoms with Crippen molar-refractivity contribution >= 4 is 23.5 Å². The van der Waals surface area contributed by atoms with Crippen molar-refractivity contribution in [2.45, 2.75) is 38.2 Å². The lowest BCUT2D eigenvalue weighted by molar-refractivity contribution is 0.0599. The van der Waals surface area contributed by atoms with E-state index in [4.69, 9.17) is 9.15 Å². The van der Waals surface area contributed by atoms with Gasteiger partial charge < -0.3 is 14.1 Å². The van der Waals surface area contributed by atoms with E-state index in [1.54, 1.807) is 20.8 Å². The second-order valence-corrected chi connectivity index (χ2v) is 7.78. The maximum atomic E-state index is 12.9. The van der Waals surface area contributed by atoms with E-state index in [-0.39, 0.29) is 5.78 Å². The molecule has 0 spiro atoms. The molecule has 0 unspecified atom stereocenters. The van der Waals surface area contributed by atoms with Crippen molar-refractivity contribution in [1.82, 2.24) is 15.2 Å². The van der Waals surface area contributed by atoms with Crippen LogP contribution in [0.1, 0.15) is 44.6 Å². The minimum atomic E-state index is -0.479. The number of hydrogen-bond acceptors (Lipinski definition) is 7. The van der Waals surface area contributed by atoms with Crippen molar-refractivity contribution in [3.05, 3.63) is 52.3 Å². The molecule has 0 saturated carbocycles. The molecular formula is C20H21N3O4S. The largest absolute Gasteiger partial charge is 0.465 e. The number of nitrogens with one attached hydrogen (secondary N) is 1. The van der Waals surface area contributed by atoms with Crippen molar-refractivity contribution < 1.29 is 18.7 Å². The number of nitrogens with zero attached hydrogens (tertiary/aromatic N) is 2. The number of hydrogen-bond donors (Lipinski definition) is 1. The third kappa shape index (κ3) is 3.87. The summed E-state index contributed by atoms with van der Waals surface area (Å²) in [5, 5.41) is 7.93. The number of aryl methyl sites for hydroxylation is 2. The van der Waals surface area contributed by atoms with Gasteiger partial charge in [-0.3, -0.25) is 4.79 Å². The Kier molecular flexibility index (Phi) is 5.69. The van der Waals surface area contributed by atoms with Crippen LogP contribution in [-0.2, 0) is 4.74 Å². The van der Waals surface area contributed by atoms with E-state index in [9.17, 15) is 9.59 Å². The van der Waals surface area contributed by atoms with Gasteiger partial charge in [0.1, 0.15) is 0 Å². The molecule has 2 heterocycles. The third-order valence-corrected chi connectivity index (χ3v) is 5.33. The molecule has 3 rings (SSSR count). The maximum Gasteiger partial charge on any atom is 0.339 e. The number of rotatable bonds is 6. The zero-order valence-electron chi connectivity index (χ0n) is 16.3. The highest BCUT2D eigenvalue weighted by Gasteiger charge is 2.27. The van der Waals surface area contributed by atoms with Crippen molar-refractivity contribution in [3.8, 4) is 11.5 Å². The van der Waals surface area contributed by atoms with Gasteiger partial charge in [-0.15, -0.1) is 10.2 Å². The second-order valence-electron chi connectivity index (χ2n) is 6.48. The predicted octanol–water partition coefficient (Wildman–Crippen LogP) is 4.14. The van der Waals surface area contributed by atoms with Gasteiger partial charge in [-0.25, -0.2) is 4.79 Å². The summed E-state index contributed by atoms with van der Waals surface area (Å²) in [5.41, 5.74) is 3.88. The van der Waals surface area contributed by atoms with Crippen LogP contribution in [0.25, 0.3) is 11.5 Å². The summed E-state index contributed by atoms with van der Waals surface area (Å²) in [7, 11) is 1.32. The number of carbonyl (C=O) groups excluding carboxylic acids is 2. The quantitative estimate of drug-likeness (QED) is 0.378. The molecule has 0 amide bonds. The molecule has 1 aromatic carbocycles. The number of thioether (sulfide) groups is 1. The molecule has 0 aliphatic heterocycles. The molecule has 1 atom stereocenters. The summed E-state index contributed by atoms with van der Waals surface area (Å²) in [5.74, 6) is -0.216. The maximum absolute atomic E-state index is 12.9. The van der Waals surface area contributed by atoms with Crippen LogP contribution < -0.4 is 0 Å². The highest BCUT2D eigenvalue weighted by atomic mass is 32.2. The summed E-state index contributed by atoms with van der Waals surface area (Å²) < 4.78 is 10.5. The Hall–Kier alpha value is -2.87. The average molecular weight is 399 g/mol. The van der Waals surface area contributed by atoms with Gasteiger partial charge in [-0.1, -0.05) is 29.5 Å². The number of esters is 1. The monoisotopic (exact) mass is 399 g/mol. The van der Waals surface area contributed by atoms with Crippen molar-refractivity contribution in [2.24, 2.45) is 0 Å². The number of aromatic nitrogens is 3. The summed E-state index contributed by atoms with van der Waals surface area (Å²) in [6, 6.07) is 7.75. The van der Waals surface area contributed by atoms with Crippen molar-refractivity contribution in [1.29, 1.82) is 0 Å². The van der Waals surface area contributed by atoms with Crippen LogP contribution in [0.3, 0.4) is 0 Å². The van der Waals surface area contributed by atoms with E-state index in [1.807, 2.05) is 31.2 Å². The molecule has 28 heavy (non-hydrogen) atoms. The lowest BCUT2D eigenvalue weighted by atomic mass is 10.1. The molecule has 146 valence electrons. The first-order valence-electron chi connectivity index (χ1n) is 8.70. The van der Waals surface area contributed by atoms with Gasteiger partial charge in [0, 0.05) is 11.3 Å². The first-order valence-corrected chi connectivity index (χ1v) is 9.58. The summed E-state index contributed by atoms with van der Waals surface area (Å²) >= 11 is 1.18. The summed E-state index contributed by atoms with van der Waals surface area (Å²) in [6.45, 7) is 7.21. The molecule has 0 saturated heterocycles. The van der Waals surface area contributed by atoms with Crippen LogP contribution >= 0.6 is 11.8 Å². The van der Waals surface area contributed by atoms with Gasteiger partial charge in [-0.2, -0.15) is 0 Å². The topological polar surface area (TPSA) is 98.1 Å². The highest BCUT2D eigenvalue weighted by molar-refractivity contribution is 8.00. The molecule has 0 aliphatic carbocycles. The van der Waals surface area contributed by atoms with Gasteiger partial charge >= 0.3 is 5.97 Å². The molecule has 0 fully saturated rings. The van der Waals surface area contributed by atoms with E-state index in [0.717, 1.165) is 11.1 Å². The molecule has 1 N–H and O–H groups in total. The fourth-order valence-electron chi connectivity index (χ4n) is 2.96. The smallest absolute Gasteiger partial charge is 0.339 e. The SMILES string of the molecule is COC(=O)c1c(C)[nH]c(C(=O)[C@H](C)Sc2nnc(-c3cccc(C)c3)o2)c1C. The molecular weight excluding hydrogens is 378 g/mol. The molecule has 8 heteroatoms. The Morgan fingerprint density at radius 3 is 2.64 bits per heavy atom. The van der Waals surface area contributed by atoms with E-state index >= 15 is 0 Å². The van der Waals surface area contributed by atoms with E-state index in [0.29, 0.717) is 33.6 Å². The molecule has 7 nitrogen and oxygen atoms in total. The lowest BCUT2D eigenvalue weighted by Gasteiger charge is -2.07. The Labute approximate surface area is 166 Å². The van der Waals surface area contributed by atoms with Gasteiger partial charge in [-0.05, 0) is 45.4 Å². The first kappa shape index (κ1) is 19.9. The number of aromatic amines is 1. The van der Waals surface area contributed by atoms with Gasteiger partial charge in [0.2, 0.25) is 5.89 Å². The average Bonchev–Trinajstić information content (AvgIpc) is 3.25. The standard InChI is InChI=1S/C20H21N3O4S/c1-10-7-6-8-14(9-10)18-22-23-20(27-18)28-13(4)17(24)16-11(2)15(12(3)21-16)19(25)26-5/h6-9,13,21H,1-5H3/t13-/m0/s1. The number of ether oxygens (including phenoxy) is 1. The van der Waals surface area contributed by atoms with Crippen LogP contribution in [0.5, 0.6) is 0 Å². The minimum Gasteiger partial charge on any atom is -0.465 e.